The molecule has 5 nitrogen and oxygen atoms in total. The highest BCUT2D eigenvalue weighted by molar-refractivity contribution is 6.35. The van der Waals surface area contributed by atoms with E-state index in [2.05, 4.69) is 31.4 Å². The van der Waals surface area contributed by atoms with E-state index in [1.54, 1.807) is 0 Å². The Morgan fingerprint density at radius 3 is 2.35 bits per heavy atom. The third-order valence-electron chi connectivity index (χ3n) is 4.26. The molecule has 20 heavy (non-hydrogen) atoms. The lowest BCUT2D eigenvalue weighted by atomic mass is 9.64. The Kier molecular flexibility index (Phi) is 4.09. The maximum Gasteiger partial charge on any atom is 0.309 e. The van der Waals surface area contributed by atoms with Crippen LogP contribution in [-0.2, 0) is 9.59 Å². The smallest absolute Gasteiger partial charge is 0.309 e. The predicted molar refractivity (Wildman–Crippen MR) is 75.9 cm³/mol. The van der Waals surface area contributed by atoms with E-state index in [1.807, 2.05) is 0 Å². The highest BCUT2D eigenvalue weighted by Crippen LogP contribution is 2.43. The minimum Gasteiger partial charge on any atom is -0.394 e. The molecule has 0 spiro atoms. The van der Waals surface area contributed by atoms with Gasteiger partial charge in [-0.25, -0.2) is 0 Å². The number of nitrogens with one attached hydrogen (secondary N) is 2. The molecule has 0 heterocycles. The van der Waals surface area contributed by atoms with Crippen molar-refractivity contribution in [2.24, 2.45) is 11.3 Å². The second-order valence-electron chi connectivity index (χ2n) is 7.49. The summed E-state index contributed by atoms with van der Waals surface area (Å²) >= 11 is 0. The Hall–Kier alpha value is -1.10. The monoisotopic (exact) mass is 282 g/mol. The fourth-order valence-corrected chi connectivity index (χ4v) is 3.77. The van der Waals surface area contributed by atoms with Crippen molar-refractivity contribution in [2.45, 2.75) is 64.5 Å². The standard InChI is InChI=1S/C15H26N2O3/c1-10-6-14(2,3)8-15(7-10,9-18)17-13(20)12(19)16-11-4-5-11/h10-11,18H,4-9H2,1-3H3,(H,16,19)(H,17,20)/t10-,15-/m0/s1. The summed E-state index contributed by atoms with van der Waals surface area (Å²) in [5.41, 5.74) is -0.611. The number of rotatable bonds is 3. The van der Waals surface area contributed by atoms with Gasteiger partial charge in [0.25, 0.3) is 0 Å². The summed E-state index contributed by atoms with van der Waals surface area (Å²) in [6.07, 6.45) is 4.39. The van der Waals surface area contributed by atoms with Crippen LogP contribution >= 0.6 is 0 Å². The molecule has 3 N–H and O–H groups in total. The molecular weight excluding hydrogens is 256 g/mol. The average Bonchev–Trinajstić information content (AvgIpc) is 3.09. The van der Waals surface area contributed by atoms with Gasteiger partial charge in [-0.2, -0.15) is 0 Å². The molecule has 0 aromatic rings. The Morgan fingerprint density at radius 1 is 1.20 bits per heavy atom. The maximum absolute atomic E-state index is 12.0. The van der Waals surface area contributed by atoms with Gasteiger partial charge in [0, 0.05) is 6.04 Å². The van der Waals surface area contributed by atoms with Gasteiger partial charge in [0.15, 0.2) is 0 Å². The van der Waals surface area contributed by atoms with Crippen molar-refractivity contribution in [3.05, 3.63) is 0 Å². The van der Waals surface area contributed by atoms with Gasteiger partial charge in [-0.05, 0) is 43.4 Å². The zero-order valence-corrected chi connectivity index (χ0v) is 12.7. The van der Waals surface area contributed by atoms with Gasteiger partial charge in [0.05, 0.1) is 12.1 Å². The first kappa shape index (κ1) is 15.3. The minimum absolute atomic E-state index is 0.0562. The number of amides is 2. The minimum atomic E-state index is -0.668. The Bertz CT molecular complexity index is 404. The molecule has 0 radical (unpaired) electrons. The predicted octanol–water partition coefficient (Wildman–Crippen LogP) is 0.958. The molecular formula is C15H26N2O3. The summed E-state index contributed by atoms with van der Waals surface area (Å²) in [6.45, 7) is 6.29. The average molecular weight is 282 g/mol. The second-order valence-corrected chi connectivity index (χ2v) is 7.49. The van der Waals surface area contributed by atoms with Crippen LogP contribution in [0.3, 0.4) is 0 Å². The van der Waals surface area contributed by atoms with E-state index >= 15 is 0 Å². The molecule has 2 amide bonds. The highest BCUT2D eigenvalue weighted by atomic mass is 16.3. The highest BCUT2D eigenvalue weighted by Gasteiger charge is 2.44. The van der Waals surface area contributed by atoms with E-state index in [1.165, 1.54) is 0 Å². The maximum atomic E-state index is 12.0. The van der Waals surface area contributed by atoms with Crippen molar-refractivity contribution in [2.75, 3.05) is 6.61 Å². The fraction of sp³-hybridized carbons (Fsp3) is 0.867. The van der Waals surface area contributed by atoms with Gasteiger partial charge in [-0.1, -0.05) is 20.8 Å². The van der Waals surface area contributed by atoms with Gasteiger partial charge < -0.3 is 15.7 Å². The van der Waals surface area contributed by atoms with Crippen molar-refractivity contribution in [1.82, 2.24) is 10.6 Å². The lowest BCUT2D eigenvalue weighted by Crippen LogP contribution is -2.59. The number of aliphatic hydroxyl groups excluding tert-OH is 1. The van der Waals surface area contributed by atoms with Crippen LogP contribution in [0.4, 0.5) is 0 Å². The van der Waals surface area contributed by atoms with E-state index in [-0.39, 0.29) is 18.1 Å². The van der Waals surface area contributed by atoms with Gasteiger partial charge in [-0.3, -0.25) is 9.59 Å². The van der Waals surface area contributed by atoms with Gasteiger partial charge >= 0.3 is 11.8 Å². The molecule has 0 aromatic carbocycles. The van der Waals surface area contributed by atoms with Crippen molar-refractivity contribution < 1.29 is 14.7 Å². The topological polar surface area (TPSA) is 78.4 Å². The molecule has 0 aromatic heterocycles. The molecule has 2 aliphatic carbocycles. The van der Waals surface area contributed by atoms with Crippen LogP contribution in [0, 0.1) is 11.3 Å². The molecule has 114 valence electrons. The molecule has 0 saturated heterocycles. The van der Waals surface area contributed by atoms with Crippen molar-refractivity contribution in [1.29, 1.82) is 0 Å². The largest absolute Gasteiger partial charge is 0.394 e. The van der Waals surface area contributed by atoms with Crippen molar-refractivity contribution >= 4 is 11.8 Å². The summed E-state index contributed by atoms with van der Waals surface area (Å²) in [6, 6.07) is 0.167. The second kappa shape index (κ2) is 5.35. The van der Waals surface area contributed by atoms with Crippen molar-refractivity contribution in [3.63, 3.8) is 0 Å². The molecule has 0 bridgehead atoms. The fourth-order valence-electron chi connectivity index (χ4n) is 3.77. The summed E-state index contributed by atoms with van der Waals surface area (Å²) in [4.78, 5) is 23.8. The summed E-state index contributed by atoms with van der Waals surface area (Å²) in [5.74, 6) is -0.773. The Morgan fingerprint density at radius 2 is 1.85 bits per heavy atom. The first-order valence-corrected chi connectivity index (χ1v) is 7.49. The SMILES string of the molecule is C[C@H]1CC(C)(C)C[C@@](CO)(NC(=O)C(=O)NC2CC2)C1. The third-order valence-corrected chi connectivity index (χ3v) is 4.26. The zero-order valence-electron chi connectivity index (χ0n) is 12.7. The van der Waals surface area contributed by atoms with Crippen LogP contribution in [0.5, 0.6) is 0 Å². The van der Waals surface area contributed by atoms with Crippen LogP contribution < -0.4 is 10.6 Å². The van der Waals surface area contributed by atoms with Crippen LogP contribution in [0.15, 0.2) is 0 Å². The van der Waals surface area contributed by atoms with Gasteiger partial charge in [-0.15, -0.1) is 0 Å². The first-order valence-electron chi connectivity index (χ1n) is 7.49. The van der Waals surface area contributed by atoms with Crippen LogP contribution in [0.25, 0.3) is 0 Å². The molecule has 2 saturated carbocycles. The van der Waals surface area contributed by atoms with Gasteiger partial charge in [0.2, 0.25) is 0 Å². The zero-order chi connectivity index (χ0) is 15.0. The molecule has 2 fully saturated rings. The van der Waals surface area contributed by atoms with Crippen molar-refractivity contribution in [3.8, 4) is 0 Å². The summed E-state index contributed by atoms with van der Waals surface area (Å²) in [7, 11) is 0. The van der Waals surface area contributed by atoms with Crippen LogP contribution in [0.1, 0.15) is 52.9 Å². The molecule has 2 atom stereocenters. The summed E-state index contributed by atoms with van der Waals surface area (Å²) in [5, 5.41) is 15.3. The van der Waals surface area contributed by atoms with E-state index in [0.717, 1.165) is 25.7 Å². The molecule has 2 rings (SSSR count). The Labute approximate surface area is 120 Å². The number of carbonyl (C=O) groups excluding carboxylic acids is 2. The summed E-state index contributed by atoms with van der Waals surface area (Å²) < 4.78 is 0. The number of hydrogen-bond acceptors (Lipinski definition) is 3. The first-order chi connectivity index (χ1) is 9.25. The van der Waals surface area contributed by atoms with E-state index in [9.17, 15) is 14.7 Å². The molecule has 0 aliphatic heterocycles. The van der Waals surface area contributed by atoms with Crippen LogP contribution in [0.2, 0.25) is 0 Å². The van der Waals surface area contributed by atoms with Crippen LogP contribution in [-0.4, -0.2) is 35.1 Å². The van der Waals surface area contributed by atoms with Gasteiger partial charge in [0.1, 0.15) is 0 Å². The third kappa shape index (κ3) is 3.72. The lowest BCUT2D eigenvalue weighted by molar-refractivity contribution is -0.141. The number of hydrogen-bond donors (Lipinski definition) is 3. The molecule has 5 heteroatoms. The number of carbonyl (C=O) groups is 2. The van der Waals surface area contributed by atoms with E-state index in [0.29, 0.717) is 12.3 Å². The Balaban J connectivity index is 2.02. The molecule has 2 aliphatic rings. The van der Waals surface area contributed by atoms with E-state index < -0.39 is 17.4 Å². The normalized spacial score (nSPS) is 32.5. The number of aliphatic hydroxyl groups is 1. The lowest BCUT2D eigenvalue weighted by Gasteiger charge is -2.47. The molecule has 0 unspecified atom stereocenters. The quantitative estimate of drug-likeness (QED) is 0.675. The van der Waals surface area contributed by atoms with E-state index in [4.69, 9.17) is 0 Å².